The van der Waals surface area contributed by atoms with Crippen LogP contribution in [0, 0.1) is 5.92 Å². The summed E-state index contributed by atoms with van der Waals surface area (Å²) < 4.78 is 0. The maximum Gasteiger partial charge on any atom is 0.231 e. The molecule has 2 atom stereocenters. The molecule has 0 radical (unpaired) electrons. The third-order valence-corrected chi connectivity index (χ3v) is 3.59. The molecule has 1 saturated heterocycles. The number of rotatable bonds is 1. The van der Waals surface area contributed by atoms with Gasteiger partial charge in [0.05, 0.1) is 5.92 Å². The van der Waals surface area contributed by atoms with Gasteiger partial charge in [0, 0.05) is 19.0 Å². The molecule has 2 N–H and O–H groups in total. The van der Waals surface area contributed by atoms with Crippen LogP contribution in [0.15, 0.2) is 24.3 Å². The maximum atomic E-state index is 11.8. The standard InChI is InChI=1S/C13H14N2O2/c16-11-6-5-10(13(17)15-11)12-9-4-2-1-3-8(9)7-14-12/h1-4,10,12,14H,5-7H2,(H,15,16,17)/t10?,12-/m1/s1. The topological polar surface area (TPSA) is 58.2 Å². The summed E-state index contributed by atoms with van der Waals surface area (Å²) in [6.45, 7) is 0.804. The zero-order valence-electron chi connectivity index (χ0n) is 9.40. The average Bonchev–Trinajstić information content (AvgIpc) is 2.73. The fraction of sp³-hybridized carbons (Fsp3) is 0.385. The van der Waals surface area contributed by atoms with E-state index in [1.54, 1.807) is 0 Å². The van der Waals surface area contributed by atoms with Crippen LogP contribution in [0.1, 0.15) is 30.0 Å². The van der Waals surface area contributed by atoms with Crippen molar-refractivity contribution in [1.29, 1.82) is 0 Å². The van der Waals surface area contributed by atoms with Crippen molar-refractivity contribution in [3.63, 3.8) is 0 Å². The second-order valence-corrected chi connectivity index (χ2v) is 4.61. The Labute approximate surface area is 99.4 Å². The van der Waals surface area contributed by atoms with E-state index in [1.165, 1.54) is 11.1 Å². The molecule has 0 spiro atoms. The first-order valence-corrected chi connectivity index (χ1v) is 5.90. The van der Waals surface area contributed by atoms with Crippen LogP contribution in [0.3, 0.4) is 0 Å². The molecule has 0 saturated carbocycles. The van der Waals surface area contributed by atoms with Gasteiger partial charge in [-0.15, -0.1) is 0 Å². The van der Waals surface area contributed by atoms with Gasteiger partial charge in [-0.3, -0.25) is 14.9 Å². The quantitative estimate of drug-likeness (QED) is 0.704. The smallest absolute Gasteiger partial charge is 0.231 e. The van der Waals surface area contributed by atoms with E-state index in [9.17, 15) is 9.59 Å². The molecule has 0 bridgehead atoms. The van der Waals surface area contributed by atoms with Crippen molar-refractivity contribution in [3.05, 3.63) is 35.4 Å². The molecule has 4 heteroatoms. The number of nitrogens with one attached hydrogen (secondary N) is 2. The first-order chi connectivity index (χ1) is 8.25. The van der Waals surface area contributed by atoms with Crippen molar-refractivity contribution in [2.75, 3.05) is 0 Å². The lowest BCUT2D eigenvalue weighted by molar-refractivity contribution is -0.137. The van der Waals surface area contributed by atoms with E-state index >= 15 is 0 Å². The highest BCUT2D eigenvalue weighted by atomic mass is 16.2. The molecule has 2 aliphatic rings. The predicted octanol–water partition coefficient (Wildman–Crippen LogP) is 0.884. The molecular weight excluding hydrogens is 216 g/mol. The summed E-state index contributed by atoms with van der Waals surface area (Å²) >= 11 is 0. The molecule has 4 nitrogen and oxygen atoms in total. The van der Waals surface area contributed by atoms with Crippen LogP contribution in [-0.4, -0.2) is 11.8 Å². The Morgan fingerprint density at radius 2 is 2.00 bits per heavy atom. The fourth-order valence-electron chi connectivity index (χ4n) is 2.72. The number of carbonyl (C=O) groups is 2. The molecule has 1 unspecified atom stereocenters. The summed E-state index contributed by atoms with van der Waals surface area (Å²) in [7, 11) is 0. The van der Waals surface area contributed by atoms with Crippen LogP contribution in [-0.2, 0) is 16.1 Å². The van der Waals surface area contributed by atoms with Gasteiger partial charge in [-0.25, -0.2) is 0 Å². The van der Waals surface area contributed by atoms with E-state index in [-0.39, 0.29) is 23.8 Å². The van der Waals surface area contributed by atoms with E-state index in [2.05, 4.69) is 22.8 Å². The van der Waals surface area contributed by atoms with Crippen molar-refractivity contribution in [2.45, 2.75) is 25.4 Å². The molecule has 1 aromatic rings. The van der Waals surface area contributed by atoms with Crippen LogP contribution < -0.4 is 10.6 Å². The summed E-state index contributed by atoms with van der Waals surface area (Å²) in [5.74, 6) is -0.427. The molecule has 2 amide bonds. The van der Waals surface area contributed by atoms with Crippen molar-refractivity contribution in [2.24, 2.45) is 5.92 Å². The maximum absolute atomic E-state index is 11.8. The summed E-state index contributed by atoms with van der Waals surface area (Å²) in [5, 5.41) is 5.78. The second-order valence-electron chi connectivity index (χ2n) is 4.61. The van der Waals surface area contributed by atoms with E-state index in [4.69, 9.17) is 0 Å². The van der Waals surface area contributed by atoms with E-state index < -0.39 is 0 Å². The Kier molecular flexibility index (Phi) is 2.44. The van der Waals surface area contributed by atoms with Crippen molar-refractivity contribution < 1.29 is 9.59 Å². The Morgan fingerprint density at radius 1 is 1.18 bits per heavy atom. The summed E-state index contributed by atoms with van der Waals surface area (Å²) in [5.41, 5.74) is 2.45. The minimum Gasteiger partial charge on any atom is -0.305 e. The van der Waals surface area contributed by atoms with Gasteiger partial charge in [0.2, 0.25) is 11.8 Å². The van der Waals surface area contributed by atoms with Gasteiger partial charge in [0.15, 0.2) is 0 Å². The zero-order chi connectivity index (χ0) is 11.8. The zero-order valence-corrected chi connectivity index (χ0v) is 9.40. The Hall–Kier alpha value is -1.68. The monoisotopic (exact) mass is 230 g/mol. The largest absolute Gasteiger partial charge is 0.305 e. The highest BCUT2D eigenvalue weighted by molar-refractivity contribution is 5.99. The molecule has 2 heterocycles. The van der Waals surface area contributed by atoms with Gasteiger partial charge in [-0.1, -0.05) is 24.3 Å². The van der Waals surface area contributed by atoms with Crippen molar-refractivity contribution >= 4 is 11.8 Å². The molecule has 2 aliphatic heterocycles. The molecule has 88 valence electrons. The van der Waals surface area contributed by atoms with Gasteiger partial charge in [0.25, 0.3) is 0 Å². The number of hydrogen-bond donors (Lipinski definition) is 2. The van der Waals surface area contributed by atoms with Crippen molar-refractivity contribution in [3.8, 4) is 0 Å². The van der Waals surface area contributed by atoms with Crippen LogP contribution >= 0.6 is 0 Å². The molecular formula is C13H14N2O2. The number of carbonyl (C=O) groups excluding carboxylic acids is 2. The number of fused-ring (bicyclic) bond motifs is 1. The second kappa shape index (κ2) is 3.96. The van der Waals surface area contributed by atoms with E-state index in [1.807, 2.05) is 12.1 Å². The molecule has 17 heavy (non-hydrogen) atoms. The molecule has 1 fully saturated rings. The number of hydrogen-bond acceptors (Lipinski definition) is 3. The number of piperidine rings is 1. The molecule has 0 aliphatic carbocycles. The molecule has 3 rings (SSSR count). The van der Waals surface area contributed by atoms with Crippen LogP contribution in [0.2, 0.25) is 0 Å². The van der Waals surface area contributed by atoms with E-state index in [0.29, 0.717) is 12.8 Å². The molecule has 0 aromatic heterocycles. The summed E-state index contributed by atoms with van der Waals surface area (Å²) in [6, 6.07) is 8.19. The van der Waals surface area contributed by atoms with Gasteiger partial charge in [-0.2, -0.15) is 0 Å². The third kappa shape index (κ3) is 1.74. The number of benzene rings is 1. The highest BCUT2D eigenvalue weighted by Gasteiger charge is 2.36. The fourth-order valence-corrected chi connectivity index (χ4v) is 2.72. The average molecular weight is 230 g/mol. The van der Waals surface area contributed by atoms with Gasteiger partial charge in [0.1, 0.15) is 0 Å². The Bertz CT molecular complexity index is 484. The number of amides is 2. The normalized spacial score (nSPS) is 27.8. The van der Waals surface area contributed by atoms with Crippen molar-refractivity contribution in [1.82, 2.24) is 10.6 Å². The first kappa shape index (κ1) is 10.5. The lowest BCUT2D eigenvalue weighted by Gasteiger charge is -2.26. The van der Waals surface area contributed by atoms with Crippen LogP contribution in [0.5, 0.6) is 0 Å². The summed E-state index contributed by atoms with van der Waals surface area (Å²) in [4.78, 5) is 23.0. The Morgan fingerprint density at radius 3 is 2.82 bits per heavy atom. The lowest BCUT2D eigenvalue weighted by Crippen LogP contribution is -2.44. The van der Waals surface area contributed by atoms with E-state index in [0.717, 1.165) is 6.54 Å². The lowest BCUT2D eigenvalue weighted by atomic mass is 9.87. The van der Waals surface area contributed by atoms with Gasteiger partial charge < -0.3 is 5.32 Å². The Balaban J connectivity index is 1.87. The van der Waals surface area contributed by atoms with Gasteiger partial charge >= 0.3 is 0 Å². The van der Waals surface area contributed by atoms with Gasteiger partial charge in [-0.05, 0) is 17.5 Å². The highest BCUT2D eigenvalue weighted by Crippen LogP contribution is 2.34. The predicted molar refractivity (Wildman–Crippen MR) is 61.9 cm³/mol. The SMILES string of the molecule is O=C1CCC([C@@H]2NCc3ccccc32)C(=O)N1. The minimum absolute atomic E-state index is 0.0549. The van der Waals surface area contributed by atoms with Crippen LogP contribution in [0.25, 0.3) is 0 Å². The number of imide groups is 1. The molecule has 1 aromatic carbocycles. The third-order valence-electron chi connectivity index (χ3n) is 3.59. The first-order valence-electron chi connectivity index (χ1n) is 5.90. The summed E-state index contributed by atoms with van der Waals surface area (Å²) in [6.07, 6.45) is 1.08. The minimum atomic E-state index is -0.155. The van der Waals surface area contributed by atoms with Crippen LogP contribution in [0.4, 0.5) is 0 Å².